The van der Waals surface area contributed by atoms with Crippen LogP contribution >= 0.6 is 11.3 Å². The van der Waals surface area contributed by atoms with Gasteiger partial charge in [-0.05, 0) is 48.9 Å². The minimum atomic E-state index is -0.174. The summed E-state index contributed by atoms with van der Waals surface area (Å²) >= 11 is 1.35. The first-order valence-electron chi connectivity index (χ1n) is 12.0. The molecule has 3 N–H and O–H groups in total. The number of hydrogen-bond donors (Lipinski definition) is 3. The van der Waals surface area contributed by atoms with Gasteiger partial charge >= 0.3 is 0 Å². The van der Waals surface area contributed by atoms with Crippen molar-refractivity contribution in [2.45, 2.75) is 13.3 Å². The summed E-state index contributed by atoms with van der Waals surface area (Å²) in [6, 6.07) is 18.9. The Morgan fingerprint density at radius 1 is 1.00 bits per heavy atom. The molecule has 184 valence electrons. The highest BCUT2D eigenvalue weighted by atomic mass is 32.1. The van der Waals surface area contributed by atoms with Crippen molar-refractivity contribution < 1.29 is 9.59 Å². The van der Waals surface area contributed by atoms with E-state index >= 15 is 0 Å². The molecular formula is C27H28N6O2S. The maximum atomic E-state index is 12.8. The topological polar surface area (TPSA) is 99.2 Å². The molecule has 0 spiro atoms. The third-order valence-electron chi connectivity index (χ3n) is 6.06. The second-order valence-corrected chi connectivity index (χ2v) is 9.81. The van der Waals surface area contributed by atoms with Crippen LogP contribution in [0.3, 0.4) is 0 Å². The molecule has 2 aromatic carbocycles. The summed E-state index contributed by atoms with van der Waals surface area (Å²) in [6.45, 7) is 6.60. The summed E-state index contributed by atoms with van der Waals surface area (Å²) in [5, 5.41) is 9.72. The van der Waals surface area contributed by atoms with Gasteiger partial charge in [0.2, 0.25) is 5.91 Å². The number of rotatable bonds is 7. The summed E-state index contributed by atoms with van der Waals surface area (Å²) in [4.78, 5) is 37.5. The fraction of sp³-hybridized carbons (Fsp3) is 0.259. The molecule has 1 saturated heterocycles. The lowest BCUT2D eigenvalue weighted by molar-refractivity contribution is -0.116. The molecule has 36 heavy (non-hydrogen) atoms. The summed E-state index contributed by atoms with van der Waals surface area (Å²) in [7, 11) is 0. The van der Waals surface area contributed by atoms with Crippen molar-refractivity contribution in [1.82, 2.24) is 20.2 Å². The van der Waals surface area contributed by atoms with Gasteiger partial charge in [-0.3, -0.25) is 9.59 Å². The standard InChI is InChI=1S/C27H28N6O2S/c1-18-4-2-7-21(16-18)29-25(35)20-6-3-5-19(17-20)22-8-9-23-26(30-22)36-27(31-23)32-24(34)10-13-33-14-11-28-12-15-33/h2-9,16-17,28H,10-15H2,1H3,(H,29,35)(H,31,32,34). The minimum absolute atomic E-state index is 0.0415. The number of pyridine rings is 1. The Bertz CT molecular complexity index is 1400. The van der Waals surface area contributed by atoms with Gasteiger partial charge in [0.25, 0.3) is 5.91 Å². The van der Waals surface area contributed by atoms with Crippen molar-refractivity contribution in [3.8, 4) is 11.3 Å². The molecule has 1 aliphatic rings. The highest BCUT2D eigenvalue weighted by Crippen LogP contribution is 2.28. The quantitative estimate of drug-likeness (QED) is 0.353. The average molecular weight is 501 g/mol. The van der Waals surface area contributed by atoms with Crippen LogP contribution < -0.4 is 16.0 Å². The number of carbonyl (C=O) groups is 2. The summed E-state index contributed by atoms with van der Waals surface area (Å²) in [6.07, 6.45) is 0.437. The van der Waals surface area contributed by atoms with Crippen molar-refractivity contribution in [2.75, 3.05) is 43.4 Å². The van der Waals surface area contributed by atoms with Crippen LogP contribution in [0.4, 0.5) is 10.8 Å². The fourth-order valence-electron chi connectivity index (χ4n) is 4.15. The van der Waals surface area contributed by atoms with Crippen molar-refractivity contribution in [2.24, 2.45) is 0 Å². The Labute approximate surface area is 213 Å². The molecule has 2 amide bonds. The van der Waals surface area contributed by atoms with E-state index in [4.69, 9.17) is 4.98 Å². The van der Waals surface area contributed by atoms with Crippen molar-refractivity contribution >= 4 is 44.3 Å². The number of benzene rings is 2. The number of nitrogens with one attached hydrogen (secondary N) is 3. The largest absolute Gasteiger partial charge is 0.322 e. The predicted molar refractivity (Wildman–Crippen MR) is 145 cm³/mol. The highest BCUT2D eigenvalue weighted by molar-refractivity contribution is 7.22. The Balaban J connectivity index is 1.26. The van der Waals surface area contributed by atoms with Crippen LogP contribution in [-0.4, -0.2) is 59.4 Å². The minimum Gasteiger partial charge on any atom is -0.322 e. The molecule has 4 aromatic rings. The maximum Gasteiger partial charge on any atom is 0.255 e. The van der Waals surface area contributed by atoms with Crippen LogP contribution in [0.2, 0.25) is 0 Å². The van der Waals surface area contributed by atoms with Crippen LogP contribution in [0.15, 0.2) is 60.7 Å². The second-order valence-electron chi connectivity index (χ2n) is 8.83. The predicted octanol–water partition coefficient (Wildman–Crippen LogP) is 4.15. The first-order chi connectivity index (χ1) is 17.5. The average Bonchev–Trinajstić information content (AvgIpc) is 3.29. The number of piperazine rings is 1. The van der Waals surface area contributed by atoms with Crippen LogP contribution in [0.1, 0.15) is 22.3 Å². The molecular weight excluding hydrogens is 472 g/mol. The number of fused-ring (bicyclic) bond motifs is 1. The number of nitrogens with zero attached hydrogens (tertiary/aromatic N) is 3. The number of anilines is 2. The van der Waals surface area contributed by atoms with Gasteiger partial charge in [0, 0.05) is 56.0 Å². The Hall–Kier alpha value is -3.66. The Kier molecular flexibility index (Phi) is 7.31. The normalized spacial score (nSPS) is 14.0. The van der Waals surface area contributed by atoms with Crippen LogP contribution in [-0.2, 0) is 4.79 Å². The number of carbonyl (C=O) groups excluding carboxylic acids is 2. The zero-order valence-electron chi connectivity index (χ0n) is 20.1. The molecule has 3 heterocycles. The molecule has 8 nitrogen and oxygen atoms in total. The van der Waals surface area contributed by atoms with Gasteiger partial charge in [0.15, 0.2) is 5.13 Å². The van der Waals surface area contributed by atoms with E-state index in [0.29, 0.717) is 17.1 Å². The van der Waals surface area contributed by atoms with Gasteiger partial charge in [-0.1, -0.05) is 35.6 Å². The molecule has 0 saturated carbocycles. The van der Waals surface area contributed by atoms with E-state index in [1.54, 1.807) is 6.07 Å². The van der Waals surface area contributed by atoms with Gasteiger partial charge in [0.05, 0.1) is 5.69 Å². The van der Waals surface area contributed by atoms with E-state index in [1.165, 1.54) is 11.3 Å². The van der Waals surface area contributed by atoms with E-state index in [0.717, 1.165) is 65.6 Å². The van der Waals surface area contributed by atoms with Crippen molar-refractivity contribution in [1.29, 1.82) is 0 Å². The SMILES string of the molecule is Cc1cccc(NC(=O)c2cccc(-c3ccc4nc(NC(=O)CCN5CCNCC5)sc4n3)c2)c1. The van der Waals surface area contributed by atoms with Gasteiger partial charge in [0.1, 0.15) is 10.3 Å². The lowest BCUT2D eigenvalue weighted by atomic mass is 10.1. The van der Waals surface area contributed by atoms with Gasteiger partial charge in [-0.15, -0.1) is 0 Å². The monoisotopic (exact) mass is 500 g/mol. The molecule has 0 aliphatic carbocycles. The van der Waals surface area contributed by atoms with E-state index in [9.17, 15) is 9.59 Å². The van der Waals surface area contributed by atoms with E-state index in [2.05, 4.69) is 25.8 Å². The van der Waals surface area contributed by atoms with E-state index in [1.807, 2.05) is 61.5 Å². The van der Waals surface area contributed by atoms with Crippen LogP contribution in [0.25, 0.3) is 21.6 Å². The third kappa shape index (κ3) is 5.93. The van der Waals surface area contributed by atoms with Gasteiger partial charge < -0.3 is 20.9 Å². The molecule has 0 bridgehead atoms. The molecule has 0 atom stereocenters. The molecule has 2 aromatic heterocycles. The number of aryl methyl sites for hydroxylation is 1. The van der Waals surface area contributed by atoms with Gasteiger partial charge in [-0.25, -0.2) is 9.97 Å². The molecule has 1 fully saturated rings. The summed E-state index contributed by atoms with van der Waals surface area (Å²) in [5.41, 5.74) is 4.71. The molecule has 9 heteroatoms. The van der Waals surface area contributed by atoms with E-state index in [-0.39, 0.29) is 11.8 Å². The van der Waals surface area contributed by atoms with E-state index < -0.39 is 0 Å². The number of hydrogen-bond acceptors (Lipinski definition) is 7. The third-order valence-corrected chi connectivity index (χ3v) is 6.94. The second kappa shape index (κ2) is 10.9. The van der Waals surface area contributed by atoms with Crippen molar-refractivity contribution in [3.63, 3.8) is 0 Å². The van der Waals surface area contributed by atoms with Crippen LogP contribution in [0.5, 0.6) is 0 Å². The lowest BCUT2D eigenvalue weighted by Crippen LogP contribution is -2.44. The van der Waals surface area contributed by atoms with Gasteiger partial charge in [-0.2, -0.15) is 0 Å². The van der Waals surface area contributed by atoms with Crippen LogP contribution in [0, 0.1) is 6.92 Å². The zero-order chi connectivity index (χ0) is 24.9. The molecule has 5 rings (SSSR count). The molecule has 0 radical (unpaired) electrons. The number of amides is 2. The smallest absolute Gasteiger partial charge is 0.255 e. The summed E-state index contributed by atoms with van der Waals surface area (Å²) in [5.74, 6) is -0.215. The van der Waals surface area contributed by atoms with Crippen molar-refractivity contribution in [3.05, 3.63) is 71.8 Å². The number of thiazole rings is 1. The first kappa shape index (κ1) is 24.1. The fourth-order valence-corrected chi connectivity index (χ4v) is 5.01. The first-order valence-corrected chi connectivity index (χ1v) is 12.8. The maximum absolute atomic E-state index is 12.8. The summed E-state index contributed by atoms with van der Waals surface area (Å²) < 4.78 is 0. The Morgan fingerprint density at radius 2 is 1.83 bits per heavy atom. The Morgan fingerprint density at radius 3 is 2.67 bits per heavy atom. The lowest BCUT2D eigenvalue weighted by Gasteiger charge is -2.26. The zero-order valence-corrected chi connectivity index (χ0v) is 20.9. The molecule has 0 unspecified atom stereocenters. The molecule has 1 aliphatic heterocycles. The number of aromatic nitrogens is 2. The highest BCUT2D eigenvalue weighted by Gasteiger charge is 2.14.